The fourth-order valence-electron chi connectivity index (χ4n) is 3.42. The molecule has 0 atom stereocenters. The van der Waals surface area contributed by atoms with E-state index in [2.05, 4.69) is 10.2 Å². The van der Waals surface area contributed by atoms with Crippen LogP contribution in [-0.4, -0.2) is 50.0 Å². The van der Waals surface area contributed by atoms with E-state index in [4.69, 9.17) is 4.74 Å². The van der Waals surface area contributed by atoms with Crippen LogP contribution in [0, 0.1) is 13.8 Å². The second kappa shape index (κ2) is 8.78. The van der Waals surface area contributed by atoms with Crippen LogP contribution in [0.2, 0.25) is 0 Å². The Hall–Kier alpha value is -3.02. The molecule has 1 aliphatic heterocycles. The molecule has 6 nitrogen and oxygen atoms in total. The molecule has 148 valence electrons. The Morgan fingerprint density at radius 1 is 1.00 bits per heavy atom. The highest BCUT2D eigenvalue weighted by Crippen LogP contribution is 2.28. The van der Waals surface area contributed by atoms with Gasteiger partial charge in [-0.2, -0.15) is 0 Å². The van der Waals surface area contributed by atoms with Crippen molar-refractivity contribution in [3.63, 3.8) is 0 Å². The number of nitrogens with zero attached hydrogens (tertiary/aromatic N) is 2. The van der Waals surface area contributed by atoms with Crippen LogP contribution in [0.3, 0.4) is 0 Å². The third kappa shape index (κ3) is 4.44. The number of amides is 2. The summed E-state index contributed by atoms with van der Waals surface area (Å²) in [5.41, 5.74) is 3.92. The molecule has 0 spiro atoms. The monoisotopic (exact) mass is 381 g/mol. The maximum absolute atomic E-state index is 12.5. The lowest BCUT2D eigenvalue weighted by molar-refractivity contribution is -0.134. The minimum absolute atomic E-state index is 0.137. The van der Waals surface area contributed by atoms with Gasteiger partial charge in [0.15, 0.2) is 0 Å². The molecule has 3 rings (SSSR count). The van der Waals surface area contributed by atoms with E-state index in [9.17, 15) is 9.59 Å². The second-order valence-electron chi connectivity index (χ2n) is 7.01. The average molecular weight is 381 g/mol. The van der Waals surface area contributed by atoms with E-state index in [1.54, 1.807) is 12.0 Å². The standard InChI is InChI=1S/C22H27N3O3/c1-16-7-6-8-18(17(16)2)23-21(26)15-22(27)25-13-11-24(12-14-25)19-9-4-5-10-20(19)28-3/h4-10H,11-15H2,1-3H3,(H,23,26). The van der Waals surface area contributed by atoms with Crippen molar-refractivity contribution in [1.29, 1.82) is 0 Å². The number of hydrogen-bond acceptors (Lipinski definition) is 4. The van der Waals surface area contributed by atoms with Gasteiger partial charge in [0.25, 0.3) is 0 Å². The number of anilines is 2. The van der Waals surface area contributed by atoms with Crippen LogP contribution >= 0.6 is 0 Å². The Morgan fingerprint density at radius 2 is 1.71 bits per heavy atom. The zero-order valence-electron chi connectivity index (χ0n) is 16.7. The van der Waals surface area contributed by atoms with Gasteiger partial charge in [0.2, 0.25) is 11.8 Å². The summed E-state index contributed by atoms with van der Waals surface area (Å²) in [5.74, 6) is 0.420. The zero-order valence-corrected chi connectivity index (χ0v) is 16.7. The fourth-order valence-corrected chi connectivity index (χ4v) is 3.42. The molecule has 2 aromatic rings. The molecule has 1 N–H and O–H groups in total. The normalized spacial score (nSPS) is 14.0. The SMILES string of the molecule is COc1ccccc1N1CCN(C(=O)CC(=O)Nc2cccc(C)c2C)CC1. The Labute approximate surface area is 166 Å². The summed E-state index contributed by atoms with van der Waals surface area (Å²) in [4.78, 5) is 28.8. The van der Waals surface area contributed by atoms with E-state index in [-0.39, 0.29) is 18.2 Å². The average Bonchev–Trinajstić information content (AvgIpc) is 2.71. The lowest BCUT2D eigenvalue weighted by atomic mass is 10.1. The maximum atomic E-state index is 12.5. The molecule has 0 aromatic heterocycles. The van der Waals surface area contributed by atoms with Gasteiger partial charge < -0.3 is 19.9 Å². The van der Waals surface area contributed by atoms with Crippen molar-refractivity contribution in [2.45, 2.75) is 20.3 Å². The molecular weight excluding hydrogens is 354 g/mol. The predicted octanol–water partition coefficient (Wildman–Crippen LogP) is 2.99. The Morgan fingerprint density at radius 3 is 2.43 bits per heavy atom. The highest BCUT2D eigenvalue weighted by molar-refractivity contribution is 6.04. The Bertz CT molecular complexity index is 858. The van der Waals surface area contributed by atoms with Gasteiger partial charge in [0, 0.05) is 31.9 Å². The van der Waals surface area contributed by atoms with Crippen molar-refractivity contribution < 1.29 is 14.3 Å². The highest BCUT2D eigenvalue weighted by atomic mass is 16.5. The summed E-state index contributed by atoms with van der Waals surface area (Å²) in [6.07, 6.45) is -0.137. The first-order valence-electron chi connectivity index (χ1n) is 9.51. The van der Waals surface area contributed by atoms with Gasteiger partial charge in [-0.3, -0.25) is 9.59 Å². The molecule has 0 unspecified atom stereocenters. The number of carbonyl (C=O) groups is 2. The van der Waals surface area contributed by atoms with Gasteiger partial charge in [-0.05, 0) is 43.2 Å². The second-order valence-corrected chi connectivity index (χ2v) is 7.01. The lowest BCUT2D eigenvalue weighted by Gasteiger charge is -2.36. The molecule has 28 heavy (non-hydrogen) atoms. The third-order valence-corrected chi connectivity index (χ3v) is 5.25. The number of methoxy groups -OCH3 is 1. The summed E-state index contributed by atoms with van der Waals surface area (Å²) in [5, 5.41) is 2.86. The molecule has 1 aliphatic rings. The molecular formula is C22H27N3O3. The molecule has 1 heterocycles. The molecule has 0 aliphatic carbocycles. The van der Waals surface area contributed by atoms with Crippen LogP contribution < -0.4 is 15.0 Å². The summed E-state index contributed by atoms with van der Waals surface area (Å²) in [6, 6.07) is 13.6. The summed E-state index contributed by atoms with van der Waals surface area (Å²) in [7, 11) is 1.66. The van der Waals surface area contributed by atoms with Crippen LogP contribution in [-0.2, 0) is 9.59 Å². The van der Waals surface area contributed by atoms with Crippen LogP contribution in [0.15, 0.2) is 42.5 Å². The number of ether oxygens (including phenoxy) is 1. The van der Waals surface area contributed by atoms with Crippen molar-refractivity contribution in [3.8, 4) is 5.75 Å². The number of benzene rings is 2. The molecule has 1 fully saturated rings. The molecule has 2 amide bonds. The fraction of sp³-hybridized carbons (Fsp3) is 0.364. The first kappa shape index (κ1) is 19.7. The number of carbonyl (C=O) groups excluding carboxylic acids is 2. The van der Waals surface area contributed by atoms with E-state index in [1.165, 1.54) is 0 Å². The molecule has 2 aromatic carbocycles. The summed E-state index contributed by atoms with van der Waals surface area (Å²) >= 11 is 0. The van der Waals surface area contributed by atoms with Crippen LogP contribution in [0.1, 0.15) is 17.5 Å². The van der Waals surface area contributed by atoms with E-state index >= 15 is 0 Å². The first-order chi connectivity index (χ1) is 13.5. The number of hydrogen-bond donors (Lipinski definition) is 1. The summed E-state index contributed by atoms with van der Waals surface area (Å²) in [6.45, 7) is 6.57. The van der Waals surface area contributed by atoms with Gasteiger partial charge in [0.05, 0.1) is 12.8 Å². The lowest BCUT2D eigenvalue weighted by Crippen LogP contribution is -2.49. The highest BCUT2D eigenvalue weighted by Gasteiger charge is 2.24. The van der Waals surface area contributed by atoms with Crippen LogP contribution in [0.25, 0.3) is 0 Å². The van der Waals surface area contributed by atoms with Crippen molar-refractivity contribution in [2.75, 3.05) is 43.5 Å². The van der Waals surface area contributed by atoms with Gasteiger partial charge in [-0.15, -0.1) is 0 Å². The molecule has 0 radical (unpaired) electrons. The van der Waals surface area contributed by atoms with Crippen molar-refractivity contribution in [2.24, 2.45) is 0 Å². The van der Waals surface area contributed by atoms with E-state index in [0.717, 1.165) is 28.3 Å². The van der Waals surface area contributed by atoms with Gasteiger partial charge in [-0.1, -0.05) is 24.3 Å². The van der Waals surface area contributed by atoms with E-state index < -0.39 is 0 Å². The molecule has 6 heteroatoms. The first-order valence-corrected chi connectivity index (χ1v) is 9.51. The number of aryl methyl sites for hydroxylation is 1. The maximum Gasteiger partial charge on any atom is 0.233 e. The van der Waals surface area contributed by atoms with Gasteiger partial charge >= 0.3 is 0 Å². The molecule has 0 bridgehead atoms. The van der Waals surface area contributed by atoms with Gasteiger partial charge in [-0.25, -0.2) is 0 Å². The van der Waals surface area contributed by atoms with Gasteiger partial charge in [0.1, 0.15) is 12.2 Å². The van der Waals surface area contributed by atoms with E-state index in [1.807, 2.05) is 56.3 Å². The number of nitrogens with one attached hydrogen (secondary N) is 1. The smallest absolute Gasteiger partial charge is 0.233 e. The van der Waals surface area contributed by atoms with Crippen molar-refractivity contribution >= 4 is 23.2 Å². The molecule has 1 saturated heterocycles. The topological polar surface area (TPSA) is 61.9 Å². The summed E-state index contributed by atoms with van der Waals surface area (Å²) < 4.78 is 5.42. The largest absolute Gasteiger partial charge is 0.495 e. The minimum atomic E-state index is -0.272. The molecule has 0 saturated carbocycles. The number of rotatable bonds is 5. The predicted molar refractivity (Wildman–Crippen MR) is 111 cm³/mol. The zero-order chi connectivity index (χ0) is 20.1. The van der Waals surface area contributed by atoms with Crippen molar-refractivity contribution in [3.05, 3.63) is 53.6 Å². The Balaban J connectivity index is 1.54. The minimum Gasteiger partial charge on any atom is -0.495 e. The van der Waals surface area contributed by atoms with Crippen LogP contribution in [0.4, 0.5) is 11.4 Å². The van der Waals surface area contributed by atoms with Crippen LogP contribution in [0.5, 0.6) is 5.75 Å². The van der Waals surface area contributed by atoms with Crippen molar-refractivity contribution in [1.82, 2.24) is 4.90 Å². The number of piperazine rings is 1. The third-order valence-electron chi connectivity index (χ3n) is 5.25. The van der Waals surface area contributed by atoms with E-state index in [0.29, 0.717) is 26.2 Å². The quantitative estimate of drug-likeness (QED) is 0.809. The Kier molecular flexibility index (Phi) is 6.19. The number of para-hydroxylation sites is 2.